The average Bonchev–Trinajstić information content (AvgIpc) is 2.35. The fourth-order valence-electron chi connectivity index (χ4n) is 0.638. The van der Waals surface area contributed by atoms with Crippen molar-refractivity contribution in [3.05, 3.63) is 11.1 Å². The van der Waals surface area contributed by atoms with Gasteiger partial charge in [0.25, 0.3) is 0 Å². The molecule has 12 heavy (non-hydrogen) atoms. The van der Waals surface area contributed by atoms with Gasteiger partial charge >= 0.3 is 0 Å². The summed E-state index contributed by atoms with van der Waals surface area (Å²) in [6.07, 6.45) is 0.420. The van der Waals surface area contributed by atoms with Crippen LogP contribution in [0.2, 0.25) is 0 Å². The number of nitrogens with zero attached hydrogens (tertiary/aromatic N) is 1. The maximum atomic E-state index is 10.4. The molecule has 0 radical (unpaired) electrons. The van der Waals surface area contributed by atoms with Crippen LogP contribution >= 0.6 is 23.1 Å². The molecule has 1 aromatic rings. The van der Waals surface area contributed by atoms with Gasteiger partial charge in [-0.25, -0.2) is 4.98 Å². The number of aryl methyl sites for hydroxylation is 1. The molecular weight excluding hydrogens is 192 g/mol. The van der Waals surface area contributed by atoms with Crippen LogP contribution in [0.5, 0.6) is 0 Å². The van der Waals surface area contributed by atoms with Gasteiger partial charge in [0.05, 0.1) is 0 Å². The Morgan fingerprint density at radius 2 is 2.58 bits per heavy atom. The molecule has 1 aromatic heterocycles. The van der Waals surface area contributed by atoms with Gasteiger partial charge in [-0.3, -0.25) is 4.79 Å². The predicted octanol–water partition coefficient (Wildman–Crippen LogP) is 1.42. The first-order chi connectivity index (χ1) is 5.68. The van der Waals surface area contributed by atoms with Crippen molar-refractivity contribution in [2.75, 3.05) is 5.75 Å². The van der Waals surface area contributed by atoms with Crippen LogP contribution in [0.4, 0.5) is 0 Å². The molecule has 0 saturated carbocycles. The van der Waals surface area contributed by atoms with E-state index >= 15 is 0 Å². The summed E-state index contributed by atoms with van der Waals surface area (Å²) < 4.78 is 1.01. The van der Waals surface area contributed by atoms with E-state index in [9.17, 15) is 4.79 Å². The second-order valence-electron chi connectivity index (χ2n) is 2.32. The van der Waals surface area contributed by atoms with Crippen molar-refractivity contribution in [3.8, 4) is 0 Å². The SMILES string of the molecule is Cc1csc(SCCC(N)=O)n1. The van der Waals surface area contributed by atoms with Gasteiger partial charge in [-0.2, -0.15) is 0 Å². The first kappa shape index (κ1) is 9.54. The van der Waals surface area contributed by atoms with Gasteiger partial charge in [0.2, 0.25) is 5.91 Å². The topological polar surface area (TPSA) is 56.0 Å². The highest BCUT2D eigenvalue weighted by atomic mass is 32.2. The number of hydrogen-bond acceptors (Lipinski definition) is 4. The lowest BCUT2D eigenvalue weighted by Gasteiger charge is -1.92. The summed E-state index contributed by atoms with van der Waals surface area (Å²) in [5.74, 6) is 0.471. The van der Waals surface area contributed by atoms with E-state index in [2.05, 4.69) is 4.98 Å². The molecule has 0 bridgehead atoms. The highest BCUT2D eigenvalue weighted by molar-refractivity contribution is 8.01. The van der Waals surface area contributed by atoms with Crippen LogP contribution in [-0.4, -0.2) is 16.6 Å². The first-order valence-corrected chi connectivity index (χ1v) is 5.38. The Kier molecular flexibility index (Phi) is 3.55. The number of nitrogens with two attached hydrogens (primary N) is 1. The van der Waals surface area contributed by atoms with Gasteiger partial charge in [-0.15, -0.1) is 11.3 Å². The summed E-state index contributed by atoms with van der Waals surface area (Å²) in [6.45, 7) is 1.95. The van der Waals surface area contributed by atoms with Crippen molar-refractivity contribution in [3.63, 3.8) is 0 Å². The quantitative estimate of drug-likeness (QED) is 0.751. The Bertz CT molecular complexity index is 272. The number of carbonyl (C=O) groups excluding carboxylic acids is 1. The Balaban J connectivity index is 2.29. The number of hydrogen-bond donors (Lipinski definition) is 1. The van der Waals surface area contributed by atoms with Gasteiger partial charge < -0.3 is 5.73 Å². The second kappa shape index (κ2) is 4.47. The number of amides is 1. The summed E-state index contributed by atoms with van der Waals surface area (Å²) in [5.41, 5.74) is 6.02. The van der Waals surface area contributed by atoms with Crippen molar-refractivity contribution in [2.45, 2.75) is 17.7 Å². The van der Waals surface area contributed by atoms with Crippen molar-refractivity contribution in [1.29, 1.82) is 0 Å². The van der Waals surface area contributed by atoms with E-state index in [1.165, 1.54) is 0 Å². The van der Waals surface area contributed by atoms with E-state index in [1.807, 2.05) is 12.3 Å². The first-order valence-electron chi connectivity index (χ1n) is 3.51. The van der Waals surface area contributed by atoms with E-state index in [1.54, 1.807) is 23.1 Å². The second-order valence-corrected chi connectivity index (χ2v) is 4.52. The molecule has 0 aromatic carbocycles. The van der Waals surface area contributed by atoms with E-state index in [0.717, 1.165) is 15.8 Å². The molecule has 5 heteroatoms. The lowest BCUT2D eigenvalue weighted by Crippen LogP contribution is -2.10. The highest BCUT2D eigenvalue weighted by Gasteiger charge is 2.00. The van der Waals surface area contributed by atoms with Crippen molar-refractivity contribution >= 4 is 29.0 Å². The van der Waals surface area contributed by atoms with Crippen LogP contribution in [0.3, 0.4) is 0 Å². The number of primary amides is 1. The molecule has 1 rings (SSSR count). The maximum Gasteiger partial charge on any atom is 0.218 e. The monoisotopic (exact) mass is 202 g/mol. The normalized spacial score (nSPS) is 10.1. The van der Waals surface area contributed by atoms with Crippen molar-refractivity contribution in [1.82, 2.24) is 4.98 Å². The lowest BCUT2D eigenvalue weighted by molar-refractivity contribution is -0.117. The Morgan fingerprint density at radius 1 is 1.83 bits per heavy atom. The molecule has 0 atom stereocenters. The molecule has 0 aliphatic heterocycles. The molecule has 0 fully saturated rings. The van der Waals surface area contributed by atoms with Crippen molar-refractivity contribution in [2.24, 2.45) is 5.73 Å². The summed E-state index contributed by atoms with van der Waals surface area (Å²) in [6, 6.07) is 0. The molecular formula is C7H10N2OS2. The van der Waals surface area contributed by atoms with Crippen LogP contribution < -0.4 is 5.73 Å². The lowest BCUT2D eigenvalue weighted by atomic mass is 10.5. The average molecular weight is 202 g/mol. The van der Waals surface area contributed by atoms with Crippen LogP contribution in [0.1, 0.15) is 12.1 Å². The molecule has 2 N–H and O–H groups in total. The molecule has 66 valence electrons. The van der Waals surface area contributed by atoms with Crippen LogP contribution in [0.15, 0.2) is 9.72 Å². The van der Waals surface area contributed by atoms with Crippen LogP contribution in [0.25, 0.3) is 0 Å². The van der Waals surface area contributed by atoms with Gasteiger partial charge in [0, 0.05) is 23.2 Å². The largest absolute Gasteiger partial charge is 0.370 e. The summed E-state index contributed by atoms with van der Waals surface area (Å²) in [4.78, 5) is 14.6. The van der Waals surface area contributed by atoms with Gasteiger partial charge in [0.1, 0.15) is 4.34 Å². The minimum atomic E-state index is -0.254. The summed E-state index contributed by atoms with van der Waals surface area (Å²) in [5, 5.41) is 1.99. The van der Waals surface area contributed by atoms with Crippen LogP contribution in [-0.2, 0) is 4.79 Å². The third-order valence-corrected chi connectivity index (χ3v) is 3.31. The molecule has 0 saturated heterocycles. The molecule has 0 spiro atoms. The molecule has 1 amide bonds. The minimum Gasteiger partial charge on any atom is -0.370 e. The number of thiazole rings is 1. The van der Waals surface area contributed by atoms with Gasteiger partial charge in [-0.1, -0.05) is 11.8 Å². The number of carbonyl (C=O) groups is 1. The predicted molar refractivity (Wildman–Crippen MR) is 51.4 cm³/mol. The number of thioether (sulfide) groups is 1. The minimum absolute atomic E-state index is 0.254. The fourth-order valence-corrected chi connectivity index (χ4v) is 2.51. The molecule has 1 heterocycles. The molecule has 0 aliphatic carbocycles. The van der Waals surface area contributed by atoms with Crippen molar-refractivity contribution < 1.29 is 4.79 Å². The Hall–Kier alpha value is -0.550. The zero-order chi connectivity index (χ0) is 8.97. The van der Waals surface area contributed by atoms with E-state index < -0.39 is 0 Å². The highest BCUT2D eigenvalue weighted by Crippen LogP contribution is 2.22. The molecule has 0 aliphatic rings. The molecule has 0 unspecified atom stereocenters. The summed E-state index contributed by atoms with van der Waals surface area (Å²) >= 11 is 3.18. The maximum absolute atomic E-state index is 10.4. The third-order valence-electron chi connectivity index (χ3n) is 1.17. The van der Waals surface area contributed by atoms with E-state index in [4.69, 9.17) is 5.73 Å². The Morgan fingerprint density at radius 3 is 3.08 bits per heavy atom. The van der Waals surface area contributed by atoms with E-state index in [-0.39, 0.29) is 5.91 Å². The Labute approximate surface area is 79.4 Å². The zero-order valence-electron chi connectivity index (χ0n) is 6.74. The van der Waals surface area contributed by atoms with Gasteiger partial charge in [-0.05, 0) is 6.92 Å². The standard InChI is InChI=1S/C7H10N2OS2/c1-5-4-12-7(9-5)11-3-2-6(8)10/h4H,2-3H2,1H3,(H2,8,10). The van der Waals surface area contributed by atoms with Gasteiger partial charge in [0.15, 0.2) is 0 Å². The number of rotatable bonds is 4. The third kappa shape index (κ3) is 3.23. The van der Waals surface area contributed by atoms with Crippen LogP contribution in [0, 0.1) is 6.92 Å². The zero-order valence-corrected chi connectivity index (χ0v) is 8.37. The summed E-state index contributed by atoms with van der Waals surface area (Å²) in [7, 11) is 0. The smallest absolute Gasteiger partial charge is 0.218 e. The molecule has 3 nitrogen and oxygen atoms in total. The van der Waals surface area contributed by atoms with E-state index in [0.29, 0.717) is 6.42 Å². The number of aromatic nitrogens is 1. The fraction of sp³-hybridized carbons (Fsp3) is 0.429.